The Balaban J connectivity index is 1.80. The van der Waals surface area contributed by atoms with Gasteiger partial charge in [-0.15, -0.1) is 0 Å². The van der Waals surface area contributed by atoms with Gasteiger partial charge < -0.3 is 29.6 Å². The first-order valence-electron chi connectivity index (χ1n) is 7.68. The minimum atomic E-state index is -1.74. The van der Waals surface area contributed by atoms with Crippen LogP contribution in [-0.2, 0) is 11.8 Å². The van der Waals surface area contributed by atoms with E-state index >= 15 is 0 Å². The molecule has 0 atom stereocenters. The summed E-state index contributed by atoms with van der Waals surface area (Å²) in [5.41, 5.74) is 1.44. The van der Waals surface area contributed by atoms with Gasteiger partial charge in [0.25, 0.3) is 5.56 Å². The number of nitrogens with zero attached hydrogens (tertiary/aromatic N) is 3. The maximum atomic E-state index is 12.1. The second kappa shape index (κ2) is 7.04. The van der Waals surface area contributed by atoms with Gasteiger partial charge in [0.2, 0.25) is 0 Å². The summed E-state index contributed by atoms with van der Waals surface area (Å²) in [6, 6.07) is 7.63. The fourth-order valence-corrected chi connectivity index (χ4v) is 2.55. The average Bonchev–Trinajstić information content (AvgIpc) is 2.60. The van der Waals surface area contributed by atoms with Crippen LogP contribution in [0, 0.1) is 0 Å². The molecule has 3 rings (SSSR count). The van der Waals surface area contributed by atoms with Crippen molar-refractivity contribution in [3.63, 3.8) is 0 Å². The van der Waals surface area contributed by atoms with Gasteiger partial charge in [-0.3, -0.25) is 4.79 Å². The van der Waals surface area contributed by atoms with E-state index < -0.39 is 7.12 Å². The molecule has 1 aromatic heterocycles. The maximum absolute atomic E-state index is 12.1. The van der Waals surface area contributed by atoms with E-state index in [1.807, 2.05) is 24.3 Å². The molecule has 1 aliphatic heterocycles. The van der Waals surface area contributed by atoms with Gasteiger partial charge in [0, 0.05) is 37.7 Å². The standard InChI is InChI=1S/C15H19BN4O4/c1-19-10-13(16(22)23)18-14(15(19)21)17-11-2-4-12(5-3-11)20-6-8-24-9-7-20/h2-5,10,22-23H,6-9H2,1H3,(H,17,18). The fourth-order valence-electron chi connectivity index (χ4n) is 2.55. The van der Waals surface area contributed by atoms with Crippen molar-refractivity contribution in [1.82, 2.24) is 9.55 Å². The Morgan fingerprint density at radius 2 is 1.88 bits per heavy atom. The van der Waals surface area contributed by atoms with Crippen LogP contribution in [0.1, 0.15) is 0 Å². The second-order valence-electron chi connectivity index (χ2n) is 5.58. The summed E-state index contributed by atoms with van der Waals surface area (Å²) in [6.07, 6.45) is 1.29. The van der Waals surface area contributed by atoms with Gasteiger partial charge in [-0.25, -0.2) is 4.98 Å². The number of ether oxygens (including phenoxy) is 1. The minimum Gasteiger partial charge on any atom is -0.422 e. The Bertz CT molecular complexity index is 757. The topological polar surface area (TPSA) is 99.8 Å². The van der Waals surface area contributed by atoms with Crippen molar-refractivity contribution in [3.05, 3.63) is 40.8 Å². The first-order valence-corrected chi connectivity index (χ1v) is 7.68. The van der Waals surface area contributed by atoms with Crippen molar-refractivity contribution in [2.75, 3.05) is 36.5 Å². The van der Waals surface area contributed by atoms with Crippen molar-refractivity contribution in [2.24, 2.45) is 7.05 Å². The zero-order chi connectivity index (χ0) is 17.1. The molecular weight excluding hydrogens is 311 g/mol. The summed E-state index contributed by atoms with van der Waals surface area (Å²) in [5, 5.41) is 21.4. The Labute approximate surface area is 139 Å². The van der Waals surface area contributed by atoms with Crippen LogP contribution in [0.5, 0.6) is 0 Å². The summed E-state index contributed by atoms with van der Waals surface area (Å²) in [5.74, 6) is 0.0437. The van der Waals surface area contributed by atoms with Crippen molar-refractivity contribution < 1.29 is 14.8 Å². The lowest BCUT2D eigenvalue weighted by molar-refractivity contribution is 0.122. The fraction of sp³-hybridized carbons (Fsp3) is 0.333. The lowest BCUT2D eigenvalue weighted by Gasteiger charge is -2.28. The van der Waals surface area contributed by atoms with E-state index in [1.165, 1.54) is 17.8 Å². The van der Waals surface area contributed by atoms with Gasteiger partial charge in [0.05, 0.1) is 18.8 Å². The van der Waals surface area contributed by atoms with Crippen molar-refractivity contribution in [1.29, 1.82) is 0 Å². The molecule has 3 N–H and O–H groups in total. The van der Waals surface area contributed by atoms with E-state index in [9.17, 15) is 14.8 Å². The summed E-state index contributed by atoms with van der Waals surface area (Å²) in [7, 11) is -0.205. The molecule has 8 nitrogen and oxygen atoms in total. The third kappa shape index (κ3) is 3.59. The number of benzene rings is 1. The molecule has 1 aliphatic rings. The third-order valence-corrected chi connectivity index (χ3v) is 3.86. The van der Waals surface area contributed by atoms with Crippen molar-refractivity contribution in [2.45, 2.75) is 0 Å². The molecule has 0 spiro atoms. The number of hydrogen-bond acceptors (Lipinski definition) is 7. The zero-order valence-electron chi connectivity index (χ0n) is 13.3. The van der Waals surface area contributed by atoms with E-state index in [0.29, 0.717) is 5.69 Å². The molecule has 0 bridgehead atoms. The predicted molar refractivity (Wildman–Crippen MR) is 92.1 cm³/mol. The zero-order valence-corrected chi connectivity index (χ0v) is 13.3. The molecule has 2 aromatic rings. The lowest BCUT2D eigenvalue weighted by Crippen LogP contribution is -2.38. The van der Waals surface area contributed by atoms with Crippen LogP contribution in [-0.4, -0.2) is 53.0 Å². The summed E-state index contributed by atoms with van der Waals surface area (Å²) in [4.78, 5) is 18.3. The molecule has 2 heterocycles. The van der Waals surface area contributed by atoms with E-state index in [4.69, 9.17) is 4.74 Å². The minimum absolute atomic E-state index is 0.00420. The third-order valence-electron chi connectivity index (χ3n) is 3.86. The molecule has 0 amide bonds. The van der Waals surface area contributed by atoms with Gasteiger partial charge >= 0.3 is 7.12 Å². The number of morpholine rings is 1. The summed E-state index contributed by atoms with van der Waals surface area (Å²) < 4.78 is 6.59. The number of anilines is 3. The molecule has 0 unspecified atom stereocenters. The van der Waals surface area contributed by atoms with Crippen LogP contribution in [0.3, 0.4) is 0 Å². The highest BCUT2D eigenvalue weighted by atomic mass is 16.5. The molecule has 0 aliphatic carbocycles. The van der Waals surface area contributed by atoms with E-state index in [0.717, 1.165) is 32.0 Å². The monoisotopic (exact) mass is 330 g/mol. The molecule has 24 heavy (non-hydrogen) atoms. The highest BCUT2D eigenvalue weighted by molar-refractivity contribution is 6.57. The normalized spacial score (nSPS) is 14.5. The number of rotatable bonds is 4. The number of hydrogen-bond donors (Lipinski definition) is 3. The molecule has 9 heteroatoms. The molecule has 1 saturated heterocycles. The van der Waals surface area contributed by atoms with Gasteiger partial charge in [-0.1, -0.05) is 0 Å². The summed E-state index contributed by atoms with van der Waals surface area (Å²) >= 11 is 0. The van der Waals surface area contributed by atoms with Gasteiger partial charge in [0.15, 0.2) is 5.82 Å². The largest absolute Gasteiger partial charge is 0.509 e. The smallest absolute Gasteiger partial charge is 0.422 e. The van der Waals surface area contributed by atoms with Crippen molar-refractivity contribution >= 4 is 29.9 Å². The first kappa shape index (κ1) is 16.5. The number of nitrogens with one attached hydrogen (secondary N) is 1. The van der Waals surface area contributed by atoms with Crippen LogP contribution < -0.4 is 21.4 Å². The molecule has 126 valence electrons. The van der Waals surface area contributed by atoms with Gasteiger partial charge in [0.1, 0.15) is 0 Å². The van der Waals surface area contributed by atoms with E-state index in [2.05, 4.69) is 15.2 Å². The molecule has 1 fully saturated rings. The maximum Gasteiger partial charge on any atom is 0.509 e. The average molecular weight is 330 g/mol. The summed E-state index contributed by atoms with van der Waals surface area (Å²) in [6.45, 7) is 3.14. The molecular formula is C15H19BN4O4. The Morgan fingerprint density at radius 3 is 2.50 bits per heavy atom. The van der Waals surface area contributed by atoms with Crippen molar-refractivity contribution in [3.8, 4) is 0 Å². The van der Waals surface area contributed by atoms with Crippen LogP contribution >= 0.6 is 0 Å². The second-order valence-corrected chi connectivity index (χ2v) is 5.58. The number of aromatic nitrogens is 2. The highest BCUT2D eigenvalue weighted by Crippen LogP contribution is 2.20. The van der Waals surface area contributed by atoms with E-state index in [1.54, 1.807) is 0 Å². The van der Waals surface area contributed by atoms with Crippen LogP contribution in [0.4, 0.5) is 17.2 Å². The van der Waals surface area contributed by atoms with Crippen LogP contribution in [0.25, 0.3) is 0 Å². The van der Waals surface area contributed by atoms with Gasteiger partial charge in [-0.2, -0.15) is 0 Å². The Hall–Kier alpha value is -2.36. The predicted octanol–water partition coefficient (Wildman–Crippen LogP) is -0.960. The lowest BCUT2D eigenvalue weighted by atomic mass is 9.87. The highest BCUT2D eigenvalue weighted by Gasteiger charge is 2.17. The molecule has 0 saturated carbocycles. The molecule has 1 aromatic carbocycles. The number of aryl methyl sites for hydroxylation is 1. The first-order chi connectivity index (χ1) is 11.5. The Morgan fingerprint density at radius 1 is 1.21 bits per heavy atom. The quantitative estimate of drug-likeness (QED) is 0.621. The van der Waals surface area contributed by atoms with Crippen LogP contribution in [0.15, 0.2) is 35.3 Å². The van der Waals surface area contributed by atoms with Crippen LogP contribution in [0.2, 0.25) is 0 Å². The SMILES string of the molecule is Cn1cc(B(O)O)nc(Nc2ccc(N3CCOCC3)cc2)c1=O. The van der Waals surface area contributed by atoms with Gasteiger partial charge in [-0.05, 0) is 24.3 Å². The van der Waals surface area contributed by atoms with E-state index in [-0.39, 0.29) is 17.0 Å². The molecule has 0 radical (unpaired) electrons. The Kier molecular flexibility index (Phi) is 4.84.